The molecule has 8 rings (SSSR count). The molecule has 4 N–H and O–H groups in total. The minimum Gasteiger partial charge on any atom is -0.368 e. The highest BCUT2D eigenvalue weighted by molar-refractivity contribution is 5.90. The molecule has 268 valence electrons. The van der Waals surface area contributed by atoms with Gasteiger partial charge in [0.25, 0.3) is 0 Å². The lowest BCUT2D eigenvalue weighted by Crippen LogP contribution is -2.19. The van der Waals surface area contributed by atoms with E-state index in [1.165, 1.54) is 16.8 Å². The van der Waals surface area contributed by atoms with Crippen LogP contribution in [0.1, 0.15) is 11.1 Å². The third-order valence-electron chi connectivity index (χ3n) is 8.92. The van der Waals surface area contributed by atoms with Crippen LogP contribution in [0.25, 0.3) is 66.6 Å². The number of hydrogen-bond acceptors (Lipinski definition) is 6. The number of aryl methyl sites for hydroxylation is 2. The molecule has 0 saturated heterocycles. The summed E-state index contributed by atoms with van der Waals surface area (Å²) in [6.07, 6.45) is 6.94. The molecule has 0 radical (unpaired) electrons. The van der Waals surface area contributed by atoms with Crippen LogP contribution in [0, 0.1) is 25.5 Å². The van der Waals surface area contributed by atoms with Crippen LogP contribution in [0.2, 0.25) is 0 Å². The predicted molar refractivity (Wildman–Crippen MR) is 205 cm³/mol. The van der Waals surface area contributed by atoms with Gasteiger partial charge in [-0.2, -0.15) is 10.2 Å². The zero-order valence-electron chi connectivity index (χ0n) is 29.4. The molecule has 4 heterocycles. The summed E-state index contributed by atoms with van der Waals surface area (Å²) in [6.45, 7) is 3.53. The Labute approximate surface area is 308 Å². The lowest BCUT2D eigenvalue weighted by molar-refractivity contribution is -0.119. The Morgan fingerprint density at radius 3 is 1.78 bits per heavy atom. The van der Waals surface area contributed by atoms with Crippen molar-refractivity contribution in [1.29, 1.82) is 0 Å². The lowest BCUT2D eigenvalue weighted by atomic mass is 9.97. The molecule has 0 aliphatic heterocycles. The molecule has 0 aliphatic rings. The van der Waals surface area contributed by atoms with Crippen LogP contribution in [0.15, 0.2) is 122 Å². The van der Waals surface area contributed by atoms with E-state index in [4.69, 9.17) is 11.5 Å². The van der Waals surface area contributed by atoms with Gasteiger partial charge in [0.1, 0.15) is 24.7 Å². The summed E-state index contributed by atoms with van der Waals surface area (Å²) in [5.41, 5.74) is 20.3. The summed E-state index contributed by atoms with van der Waals surface area (Å²) in [6, 6.07) is 29.4. The molecule has 12 heteroatoms. The van der Waals surface area contributed by atoms with Crippen LogP contribution < -0.4 is 11.5 Å². The van der Waals surface area contributed by atoms with Gasteiger partial charge in [-0.05, 0) is 103 Å². The Balaban J connectivity index is 0.000000167. The average Bonchev–Trinajstić information content (AvgIpc) is 3.76. The second-order valence-electron chi connectivity index (χ2n) is 12.8. The maximum absolute atomic E-state index is 13.7. The third kappa shape index (κ3) is 7.44. The van der Waals surface area contributed by atoms with Gasteiger partial charge in [0.15, 0.2) is 0 Å². The number of nitrogens with two attached hydrogens (primary N) is 2. The normalized spacial score (nSPS) is 11.0. The number of primary amides is 2. The molecule has 0 spiro atoms. The first kappa shape index (κ1) is 35.3. The van der Waals surface area contributed by atoms with Gasteiger partial charge in [-0.25, -0.2) is 8.78 Å². The minimum absolute atomic E-state index is 0.0179. The zero-order chi connectivity index (χ0) is 37.9. The zero-order valence-corrected chi connectivity index (χ0v) is 29.4. The topological polar surface area (TPSA) is 148 Å². The summed E-state index contributed by atoms with van der Waals surface area (Å²) in [7, 11) is 0. The number of aromatic nitrogens is 6. The van der Waals surface area contributed by atoms with Gasteiger partial charge in [-0.15, -0.1) is 0 Å². The third-order valence-corrected chi connectivity index (χ3v) is 8.92. The largest absolute Gasteiger partial charge is 0.368 e. The molecule has 2 amide bonds. The Morgan fingerprint density at radius 1 is 0.648 bits per heavy atom. The van der Waals surface area contributed by atoms with Crippen molar-refractivity contribution in [2.75, 3.05) is 0 Å². The molecule has 0 atom stereocenters. The molecule has 10 nitrogen and oxygen atoms in total. The Morgan fingerprint density at radius 2 is 1.20 bits per heavy atom. The first-order chi connectivity index (χ1) is 26.0. The average molecular weight is 721 g/mol. The second kappa shape index (κ2) is 14.9. The molecule has 54 heavy (non-hydrogen) atoms. The fraction of sp³-hybridized carbons (Fsp3) is 0.0952. The molecule has 0 unspecified atom stereocenters. The predicted octanol–water partition coefficient (Wildman–Crippen LogP) is 7.40. The Kier molecular flexibility index (Phi) is 9.73. The Bertz CT molecular complexity index is 2700. The number of pyridine rings is 2. The van der Waals surface area contributed by atoms with Gasteiger partial charge >= 0.3 is 0 Å². The number of carbonyl (C=O) groups excluding carboxylic acids is 2. The molecule has 0 aliphatic carbocycles. The number of rotatable bonds is 8. The fourth-order valence-corrected chi connectivity index (χ4v) is 6.32. The number of halogens is 2. The second-order valence-corrected chi connectivity index (χ2v) is 12.8. The van der Waals surface area contributed by atoms with Gasteiger partial charge in [0, 0.05) is 51.6 Å². The molecule has 0 bridgehead atoms. The molecule has 4 aromatic carbocycles. The standard InChI is InChI=1S/2C21H17FN4O/c1-13-9-15(4-6-18(13)22)21-17(3-2-8-24-21)14-5-7-19-16(10-14)11-26(25-19)12-20(23)27;1-13-9-15(6-7-18(13)22)21-17(3-2-8-24-21)14-4-5-16-11-25-26(12-20(23)27)19(16)10-14/h2*2-11H,12H2,1H3,(H2,23,27). The molecule has 8 aromatic rings. The summed E-state index contributed by atoms with van der Waals surface area (Å²) < 4.78 is 30.4. The van der Waals surface area contributed by atoms with E-state index in [9.17, 15) is 18.4 Å². The fourth-order valence-electron chi connectivity index (χ4n) is 6.32. The summed E-state index contributed by atoms with van der Waals surface area (Å²) in [5.74, 6) is -1.37. The van der Waals surface area contributed by atoms with Crippen molar-refractivity contribution in [3.63, 3.8) is 0 Å². The maximum atomic E-state index is 13.7. The van der Waals surface area contributed by atoms with E-state index < -0.39 is 11.8 Å². The SMILES string of the molecule is Cc1cc(-c2ncccc2-c2ccc3cnn(CC(N)=O)c3c2)ccc1F.Cc1cc(-c2ncccc2-c2ccc3nn(CC(N)=O)cc3c2)ccc1F. The summed E-state index contributed by atoms with van der Waals surface area (Å²) in [4.78, 5) is 31.4. The van der Waals surface area contributed by atoms with Crippen molar-refractivity contribution in [3.05, 3.63) is 145 Å². The van der Waals surface area contributed by atoms with E-state index >= 15 is 0 Å². The van der Waals surface area contributed by atoms with E-state index in [1.807, 2.05) is 60.7 Å². The molecule has 0 fully saturated rings. The highest BCUT2D eigenvalue weighted by Crippen LogP contribution is 2.34. The van der Waals surface area contributed by atoms with Crippen LogP contribution in [-0.4, -0.2) is 41.3 Å². The van der Waals surface area contributed by atoms with E-state index in [0.29, 0.717) is 11.1 Å². The first-order valence-corrected chi connectivity index (χ1v) is 17.0. The van der Waals surface area contributed by atoms with E-state index in [2.05, 4.69) is 20.2 Å². The molecule has 0 saturated carbocycles. The Hall–Kier alpha value is -7.08. The van der Waals surface area contributed by atoms with Crippen molar-refractivity contribution in [2.24, 2.45) is 11.5 Å². The van der Waals surface area contributed by atoms with Gasteiger partial charge in [-0.3, -0.25) is 28.9 Å². The van der Waals surface area contributed by atoms with Gasteiger partial charge < -0.3 is 11.5 Å². The van der Waals surface area contributed by atoms with Crippen molar-refractivity contribution in [2.45, 2.75) is 26.9 Å². The van der Waals surface area contributed by atoms with E-state index in [-0.39, 0.29) is 24.7 Å². The summed E-state index contributed by atoms with van der Waals surface area (Å²) in [5, 5.41) is 10.4. The van der Waals surface area contributed by atoms with Crippen molar-refractivity contribution >= 4 is 33.6 Å². The lowest BCUT2D eigenvalue weighted by Gasteiger charge is -2.11. The van der Waals surface area contributed by atoms with Gasteiger partial charge in [0.2, 0.25) is 11.8 Å². The van der Waals surface area contributed by atoms with Crippen LogP contribution in [-0.2, 0) is 22.7 Å². The van der Waals surface area contributed by atoms with Crippen LogP contribution >= 0.6 is 0 Å². The maximum Gasteiger partial charge on any atom is 0.239 e. The molecule has 4 aromatic heterocycles. The smallest absolute Gasteiger partial charge is 0.239 e. The highest BCUT2D eigenvalue weighted by atomic mass is 19.1. The monoisotopic (exact) mass is 720 g/mol. The van der Waals surface area contributed by atoms with E-state index in [1.54, 1.807) is 67.6 Å². The quantitative estimate of drug-likeness (QED) is 0.167. The van der Waals surface area contributed by atoms with Crippen molar-refractivity contribution in [3.8, 4) is 44.8 Å². The molecular formula is C42H34F2N8O2. The highest BCUT2D eigenvalue weighted by Gasteiger charge is 2.14. The van der Waals surface area contributed by atoms with E-state index in [0.717, 1.165) is 66.6 Å². The van der Waals surface area contributed by atoms with Crippen LogP contribution in [0.4, 0.5) is 8.78 Å². The minimum atomic E-state index is -0.450. The number of benzene rings is 4. The number of amides is 2. The van der Waals surface area contributed by atoms with Gasteiger partial charge in [0.05, 0.1) is 28.6 Å². The van der Waals surface area contributed by atoms with Crippen molar-refractivity contribution in [1.82, 2.24) is 29.5 Å². The molecular weight excluding hydrogens is 687 g/mol. The summed E-state index contributed by atoms with van der Waals surface area (Å²) >= 11 is 0. The van der Waals surface area contributed by atoms with Crippen LogP contribution in [0.5, 0.6) is 0 Å². The van der Waals surface area contributed by atoms with Gasteiger partial charge in [-0.1, -0.05) is 30.3 Å². The number of fused-ring (bicyclic) bond motifs is 2. The first-order valence-electron chi connectivity index (χ1n) is 17.0. The number of nitrogens with zero attached hydrogens (tertiary/aromatic N) is 6. The van der Waals surface area contributed by atoms with Crippen molar-refractivity contribution < 1.29 is 18.4 Å². The number of carbonyl (C=O) groups is 2. The van der Waals surface area contributed by atoms with Crippen LogP contribution in [0.3, 0.4) is 0 Å². The number of hydrogen-bond donors (Lipinski definition) is 2.